The molecule has 1 aromatic heterocycles. The Hall–Kier alpha value is -2.59. The van der Waals surface area contributed by atoms with Gasteiger partial charge in [0.05, 0.1) is 11.6 Å². The fraction of sp³-hybridized carbons (Fsp3) is 0.348. The highest BCUT2D eigenvalue weighted by Gasteiger charge is 2.39. The van der Waals surface area contributed by atoms with Crippen molar-refractivity contribution in [3.8, 4) is 11.5 Å². The predicted molar refractivity (Wildman–Crippen MR) is 102 cm³/mol. The zero-order valence-corrected chi connectivity index (χ0v) is 15.1. The van der Waals surface area contributed by atoms with Crippen molar-refractivity contribution in [1.29, 1.82) is 0 Å². The van der Waals surface area contributed by atoms with Crippen LogP contribution in [0.3, 0.4) is 0 Å². The summed E-state index contributed by atoms with van der Waals surface area (Å²) in [6.07, 6.45) is 6.85. The van der Waals surface area contributed by atoms with Crippen molar-refractivity contribution in [3.05, 3.63) is 65.4 Å². The first kappa shape index (κ1) is 15.5. The third-order valence-electron chi connectivity index (χ3n) is 6.21. The molecule has 1 fully saturated rings. The molecule has 3 aliphatic rings. The second-order valence-electron chi connectivity index (χ2n) is 7.74. The van der Waals surface area contributed by atoms with Gasteiger partial charge in [0.1, 0.15) is 6.10 Å². The summed E-state index contributed by atoms with van der Waals surface area (Å²) in [4.78, 5) is 4.53. The minimum absolute atomic E-state index is 0.0831. The van der Waals surface area contributed by atoms with Gasteiger partial charge in [-0.05, 0) is 53.8 Å². The number of hydrogen-bond acceptors (Lipinski definition) is 4. The largest absolute Gasteiger partial charge is 0.454 e. The number of nitrogens with zero attached hydrogens (tertiary/aromatic N) is 1. The van der Waals surface area contributed by atoms with Crippen molar-refractivity contribution in [3.63, 3.8) is 0 Å². The highest BCUT2D eigenvalue weighted by molar-refractivity contribution is 5.79. The van der Waals surface area contributed by atoms with Gasteiger partial charge in [-0.15, -0.1) is 0 Å². The molecule has 6 rings (SSSR count). The molecule has 0 amide bonds. The van der Waals surface area contributed by atoms with Crippen LogP contribution in [0.25, 0.3) is 10.9 Å². The molecule has 3 heterocycles. The highest BCUT2D eigenvalue weighted by atomic mass is 16.7. The molecule has 0 bridgehead atoms. The van der Waals surface area contributed by atoms with Gasteiger partial charge in [-0.2, -0.15) is 0 Å². The number of benzene rings is 2. The minimum atomic E-state index is -0.0831. The van der Waals surface area contributed by atoms with Crippen LogP contribution < -0.4 is 9.47 Å². The van der Waals surface area contributed by atoms with Crippen LogP contribution in [0.15, 0.2) is 48.7 Å². The van der Waals surface area contributed by atoms with Crippen LogP contribution in [0, 0.1) is 0 Å². The molecule has 3 atom stereocenters. The Morgan fingerprint density at radius 3 is 2.67 bits per heavy atom. The first-order valence-electron chi connectivity index (χ1n) is 9.80. The Morgan fingerprint density at radius 1 is 0.889 bits per heavy atom. The number of ether oxygens (including phenoxy) is 3. The lowest BCUT2D eigenvalue weighted by molar-refractivity contribution is -0.0389. The summed E-state index contributed by atoms with van der Waals surface area (Å²) in [5.41, 5.74) is 4.76. The highest BCUT2D eigenvalue weighted by Crippen LogP contribution is 2.50. The van der Waals surface area contributed by atoms with Gasteiger partial charge in [-0.3, -0.25) is 4.98 Å². The van der Waals surface area contributed by atoms with Crippen molar-refractivity contribution in [2.75, 3.05) is 6.79 Å². The van der Waals surface area contributed by atoms with Crippen molar-refractivity contribution in [1.82, 2.24) is 4.98 Å². The summed E-state index contributed by atoms with van der Waals surface area (Å²) in [5.74, 6) is 2.16. The maximum Gasteiger partial charge on any atom is 0.231 e. The van der Waals surface area contributed by atoms with Crippen LogP contribution in [-0.2, 0) is 4.74 Å². The van der Waals surface area contributed by atoms with Gasteiger partial charge in [-0.1, -0.05) is 31.0 Å². The van der Waals surface area contributed by atoms with Gasteiger partial charge >= 0.3 is 0 Å². The van der Waals surface area contributed by atoms with Gasteiger partial charge in [0.15, 0.2) is 11.5 Å². The molecule has 0 spiro atoms. The van der Waals surface area contributed by atoms with Gasteiger partial charge in [0.2, 0.25) is 6.79 Å². The van der Waals surface area contributed by atoms with Gasteiger partial charge in [0.25, 0.3) is 0 Å². The van der Waals surface area contributed by atoms with Gasteiger partial charge in [0, 0.05) is 17.5 Å². The van der Waals surface area contributed by atoms with E-state index in [9.17, 15) is 0 Å². The smallest absolute Gasteiger partial charge is 0.231 e. The Balaban J connectivity index is 1.52. The lowest BCUT2D eigenvalue weighted by Crippen LogP contribution is -2.33. The molecule has 3 aromatic rings. The van der Waals surface area contributed by atoms with Crippen molar-refractivity contribution >= 4 is 10.9 Å². The van der Waals surface area contributed by atoms with Crippen molar-refractivity contribution in [2.24, 2.45) is 0 Å². The first-order valence-corrected chi connectivity index (χ1v) is 9.80. The van der Waals surface area contributed by atoms with E-state index in [0.29, 0.717) is 12.7 Å². The number of rotatable bonds is 1. The standard InChI is InChI=1S/C23H21NO3/c1-2-6-20-16(5-1)17-11-21-22(26-13-25-21)12-18(17)23(27-20)15-8-7-14-4-3-9-24-19(14)10-15/h3-4,7-12,16,20,23H,1-2,5-6,13H2/t16-,20-,23-/m0/s1. The van der Waals surface area contributed by atoms with E-state index in [-0.39, 0.29) is 12.2 Å². The van der Waals surface area contributed by atoms with Crippen LogP contribution in [0.5, 0.6) is 11.5 Å². The predicted octanol–water partition coefficient (Wildman–Crippen LogP) is 5.11. The lowest BCUT2D eigenvalue weighted by Gasteiger charge is -2.41. The zero-order chi connectivity index (χ0) is 17.8. The summed E-state index contributed by atoms with van der Waals surface area (Å²) >= 11 is 0. The average Bonchev–Trinajstić information content (AvgIpc) is 3.19. The van der Waals surface area contributed by atoms with Crippen LogP contribution in [-0.4, -0.2) is 17.9 Å². The topological polar surface area (TPSA) is 40.6 Å². The second kappa shape index (κ2) is 5.96. The van der Waals surface area contributed by atoms with Gasteiger partial charge in [-0.25, -0.2) is 0 Å². The fourth-order valence-electron chi connectivity index (χ4n) is 4.89. The summed E-state index contributed by atoms with van der Waals surface area (Å²) in [6, 6.07) is 14.9. The van der Waals surface area contributed by atoms with Crippen LogP contribution in [0.1, 0.15) is 54.4 Å². The molecule has 2 aromatic carbocycles. The minimum Gasteiger partial charge on any atom is -0.454 e. The molecule has 0 unspecified atom stereocenters. The van der Waals surface area contributed by atoms with E-state index in [2.05, 4.69) is 41.4 Å². The monoisotopic (exact) mass is 359 g/mol. The van der Waals surface area contributed by atoms with Crippen LogP contribution in [0.2, 0.25) is 0 Å². The quantitative estimate of drug-likeness (QED) is 0.605. The van der Waals surface area contributed by atoms with E-state index in [1.165, 1.54) is 30.4 Å². The third kappa shape index (κ3) is 2.43. The summed E-state index contributed by atoms with van der Waals surface area (Å²) < 4.78 is 18.0. The molecule has 4 nitrogen and oxygen atoms in total. The SMILES string of the molecule is c1cnc2cc([C@@H]3O[C@H]4CCCC[C@H]4c4cc5c(cc43)OCO5)ccc2c1. The van der Waals surface area contributed by atoms with E-state index in [0.717, 1.165) is 34.4 Å². The van der Waals surface area contributed by atoms with E-state index in [1.807, 2.05) is 12.3 Å². The zero-order valence-electron chi connectivity index (χ0n) is 15.1. The van der Waals surface area contributed by atoms with E-state index in [4.69, 9.17) is 14.2 Å². The maximum atomic E-state index is 6.69. The summed E-state index contributed by atoms with van der Waals surface area (Å²) in [6.45, 7) is 0.303. The fourth-order valence-corrected chi connectivity index (χ4v) is 4.89. The van der Waals surface area contributed by atoms with E-state index < -0.39 is 0 Å². The molecular weight excluding hydrogens is 338 g/mol. The van der Waals surface area contributed by atoms with Crippen molar-refractivity contribution < 1.29 is 14.2 Å². The molecule has 136 valence electrons. The lowest BCUT2D eigenvalue weighted by atomic mass is 9.76. The number of pyridine rings is 1. The van der Waals surface area contributed by atoms with Gasteiger partial charge < -0.3 is 14.2 Å². The Labute approximate surface area is 158 Å². The second-order valence-corrected chi connectivity index (χ2v) is 7.74. The number of fused-ring (bicyclic) bond motifs is 5. The normalized spacial score (nSPS) is 25.9. The Morgan fingerprint density at radius 2 is 1.74 bits per heavy atom. The van der Waals surface area contributed by atoms with E-state index in [1.54, 1.807) is 0 Å². The molecule has 1 aliphatic carbocycles. The van der Waals surface area contributed by atoms with E-state index >= 15 is 0 Å². The molecule has 2 aliphatic heterocycles. The molecule has 4 heteroatoms. The average molecular weight is 359 g/mol. The van der Waals surface area contributed by atoms with Crippen LogP contribution in [0.4, 0.5) is 0 Å². The Bertz CT molecular complexity index is 1030. The molecule has 0 saturated heterocycles. The third-order valence-corrected chi connectivity index (χ3v) is 6.21. The van der Waals surface area contributed by atoms with Crippen molar-refractivity contribution in [2.45, 2.75) is 43.8 Å². The summed E-state index contributed by atoms with van der Waals surface area (Å²) in [7, 11) is 0. The molecule has 1 saturated carbocycles. The first-order chi connectivity index (χ1) is 13.4. The molecule has 0 radical (unpaired) electrons. The molecular formula is C23H21NO3. The molecule has 27 heavy (non-hydrogen) atoms. The molecule has 0 N–H and O–H groups in total. The number of aromatic nitrogens is 1. The number of hydrogen-bond donors (Lipinski definition) is 0. The Kier molecular flexibility index (Phi) is 3.41. The summed E-state index contributed by atoms with van der Waals surface area (Å²) in [5, 5.41) is 1.15. The maximum absolute atomic E-state index is 6.69. The van der Waals surface area contributed by atoms with Crippen LogP contribution >= 0.6 is 0 Å².